The Morgan fingerprint density at radius 1 is 1.30 bits per heavy atom. The Hall–Kier alpha value is -1.59. The predicted molar refractivity (Wildman–Crippen MR) is 88.4 cm³/mol. The molecule has 1 aromatic rings. The van der Waals surface area contributed by atoms with Gasteiger partial charge in [-0.1, -0.05) is 18.2 Å². The van der Waals surface area contributed by atoms with Crippen molar-refractivity contribution in [3.63, 3.8) is 0 Å². The lowest BCUT2D eigenvalue weighted by molar-refractivity contribution is -0.125. The van der Waals surface area contributed by atoms with Gasteiger partial charge in [0.2, 0.25) is 5.91 Å². The molecule has 1 aromatic carbocycles. The summed E-state index contributed by atoms with van der Waals surface area (Å²) in [6, 6.07) is 9.78. The molecule has 1 amide bonds. The molecule has 2 atom stereocenters. The van der Waals surface area contributed by atoms with Crippen LogP contribution in [0.25, 0.3) is 0 Å². The standard InChI is InChI=1S/C18H26N2O3/c1-22-10-9-19-18(21)17-11-16(13-20(17)12-14-7-8-14)23-15-5-3-2-4-6-15/h2-6,14,16-17H,7-13H2,1H3,(H,19,21)/t16-,17+/m0/s1. The zero-order chi connectivity index (χ0) is 16.1. The molecular weight excluding hydrogens is 292 g/mol. The Kier molecular flexibility index (Phi) is 5.51. The van der Waals surface area contributed by atoms with Crippen molar-refractivity contribution in [3.8, 4) is 5.75 Å². The van der Waals surface area contributed by atoms with E-state index < -0.39 is 0 Å². The Morgan fingerprint density at radius 2 is 2.09 bits per heavy atom. The fourth-order valence-electron chi connectivity index (χ4n) is 3.14. The van der Waals surface area contributed by atoms with Crippen molar-refractivity contribution in [2.45, 2.75) is 31.4 Å². The smallest absolute Gasteiger partial charge is 0.237 e. The number of carbonyl (C=O) groups excluding carboxylic acids is 1. The number of ether oxygens (including phenoxy) is 2. The summed E-state index contributed by atoms with van der Waals surface area (Å²) in [5.74, 6) is 1.74. The van der Waals surface area contributed by atoms with Gasteiger partial charge in [-0.15, -0.1) is 0 Å². The normalized spacial score (nSPS) is 24.6. The van der Waals surface area contributed by atoms with Crippen LogP contribution in [0.2, 0.25) is 0 Å². The van der Waals surface area contributed by atoms with Crippen molar-refractivity contribution >= 4 is 5.91 Å². The molecule has 1 saturated carbocycles. The molecular formula is C18H26N2O3. The van der Waals surface area contributed by atoms with E-state index in [1.165, 1.54) is 12.8 Å². The minimum atomic E-state index is -0.0823. The number of likely N-dealkylation sites (tertiary alicyclic amines) is 1. The van der Waals surface area contributed by atoms with E-state index in [1.54, 1.807) is 7.11 Å². The van der Waals surface area contributed by atoms with Gasteiger partial charge in [-0.25, -0.2) is 0 Å². The van der Waals surface area contributed by atoms with Crippen LogP contribution in [-0.4, -0.2) is 56.3 Å². The SMILES string of the molecule is COCCNC(=O)[C@H]1C[C@H](Oc2ccccc2)CN1CC1CC1. The number of methoxy groups -OCH3 is 1. The molecule has 2 aliphatic rings. The highest BCUT2D eigenvalue weighted by Crippen LogP contribution is 2.33. The number of benzene rings is 1. The number of para-hydroxylation sites is 1. The molecule has 1 N–H and O–H groups in total. The quantitative estimate of drug-likeness (QED) is 0.741. The van der Waals surface area contributed by atoms with Crippen LogP contribution in [0.3, 0.4) is 0 Å². The Bertz CT molecular complexity index is 504. The minimum Gasteiger partial charge on any atom is -0.489 e. The molecule has 0 bridgehead atoms. The summed E-state index contributed by atoms with van der Waals surface area (Å²) in [6.45, 7) is 2.95. The summed E-state index contributed by atoms with van der Waals surface area (Å²) in [5.41, 5.74) is 0. The molecule has 0 unspecified atom stereocenters. The molecule has 5 nitrogen and oxygen atoms in total. The van der Waals surface area contributed by atoms with Crippen LogP contribution in [0.15, 0.2) is 30.3 Å². The average molecular weight is 318 g/mol. The molecule has 0 spiro atoms. The van der Waals surface area contributed by atoms with Crippen LogP contribution < -0.4 is 10.1 Å². The second-order valence-corrected chi connectivity index (χ2v) is 6.49. The molecule has 1 saturated heterocycles. The maximum atomic E-state index is 12.5. The molecule has 2 fully saturated rings. The van der Waals surface area contributed by atoms with E-state index in [4.69, 9.17) is 9.47 Å². The zero-order valence-electron chi connectivity index (χ0n) is 13.7. The van der Waals surface area contributed by atoms with Crippen LogP contribution in [0.1, 0.15) is 19.3 Å². The highest BCUT2D eigenvalue weighted by atomic mass is 16.5. The molecule has 0 aromatic heterocycles. The van der Waals surface area contributed by atoms with Crippen LogP contribution >= 0.6 is 0 Å². The topological polar surface area (TPSA) is 50.8 Å². The van der Waals surface area contributed by atoms with Crippen molar-refractivity contribution in [2.75, 3.05) is 33.4 Å². The molecule has 1 heterocycles. The summed E-state index contributed by atoms with van der Waals surface area (Å²) in [5, 5.41) is 2.97. The average Bonchev–Trinajstić information content (AvgIpc) is 3.28. The first-order valence-electron chi connectivity index (χ1n) is 8.48. The van der Waals surface area contributed by atoms with Gasteiger partial charge < -0.3 is 14.8 Å². The number of carbonyl (C=O) groups is 1. The fraction of sp³-hybridized carbons (Fsp3) is 0.611. The summed E-state index contributed by atoms with van der Waals surface area (Å²) in [7, 11) is 1.64. The predicted octanol–water partition coefficient (Wildman–Crippen LogP) is 1.68. The number of hydrogen-bond donors (Lipinski definition) is 1. The molecule has 126 valence electrons. The number of hydrogen-bond acceptors (Lipinski definition) is 4. The Morgan fingerprint density at radius 3 is 2.78 bits per heavy atom. The first kappa shape index (κ1) is 16.3. The lowest BCUT2D eigenvalue weighted by Gasteiger charge is -2.22. The number of amides is 1. The summed E-state index contributed by atoms with van der Waals surface area (Å²) < 4.78 is 11.1. The van der Waals surface area contributed by atoms with E-state index in [-0.39, 0.29) is 18.1 Å². The number of nitrogens with one attached hydrogen (secondary N) is 1. The summed E-state index contributed by atoms with van der Waals surface area (Å²) >= 11 is 0. The minimum absolute atomic E-state index is 0.0781. The van der Waals surface area contributed by atoms with Crippen molar-refractivity contribution in [3.05, 3.63) is 30.3 Å². The molecule has 1 aliphatic heterocycles. The first-order chi connectivity index (χ1) is 11.3. The van der Waals surface area contributed by atoms with Crippen molar-refractivity contribution in [1.82, 2.24) is 10.2 Å². The number of nitrogens with zero attached hydrogens (tertiary/aromatic N) is 1. The lowest BCUT2D eigenvalue weighted by atomic mass is 10.1. The van der Waals surface area contributed by atoms with Crippen LogP contribution in [0.5, 0.6) is 5.75 Å². The number of rotatable bonds is 8. The first-order valence-corrected chi connectivity index (χ1v) is 8.48. The van der Waals surface area contributed by atoms with Gasteiger partial charge in [-0.3, -0.25) is 9.69 Å². The third kappa shape index (κ3) is 4.69. The van der Waals surface area contributed by atoms with Gasteiger partial charge in [0.1, 0.15) is 11.9 Å². The molecule has 5 heteroatoms. The van der Waals surface area contributed by atoms with E-state index in [2.05, 4.69) is 10.2 Å². The van der Waals surface area contributed by atoms with Crippen LogP contribution in [-0.2, 0) is 9.53 Å². The largest absolute Gasteiger partial charge is 0.489 e. The second-order valence-electron chi connectivity index (χ2n) is 6.49. The molecule has 23 heavy (non-hydrogen) atoms. The second kappa shape index (κ2) is 7.79. The van der Waals surface area contributed by atoms with E-state index in [9.17, 15) is 4.79 Å². The molecule has 3 rings (SSSR count). The molecule has 0 radical (unpaired) electrons. The van der Waals surface area contributed by atoms with E-state index in [1.807, 2.05) is 30.3 Å². The highest BCUT2D eigenvalue weighted by Gasteiger charge is 2.40. The van der Waals surface area contributed by atoms with Gasteiger partial charge in [0.25, 0.3) is 0 Å². The van der Waals surface area contributed by atoms with Crippen LogP contribution in [0.4, 0.5) is 0 Å². The monoisotopic (exact) mass is 318 g/mol. The van der Waals surface area contributed by atoms with E-state index in [0.29, 0.717) is 13.2 Å². The van der Waals surface area contributed by atoms with Crippen molar-refractivity contribution < 1.29 is 14.3 Å². The van der Waals surface area contributed by atoms with Gasteiger partial charge in [0.15, 0.2) is 0 Å². The summed E-state index contributed by atoms with van der Waals surface area (Å²) in [4.78, 5) is 14.8. The van der Waals surface area contributed by atoms with Gasteiger partial charge in [-0.05, 0) is 30.9 Å². The van der Waals surface area contributed by atoms with Gasteiger partial charge in [-0.2, -0.15) is 0 Å². The Labute approximate surface area is 137 Å². The van der Waals surface area contributed by atoms with E-state index >= 15 is 0 Å². The van der Waals surface area contributed by atoms with Gasteiger partial charge >= 0.3 is 0 Å². The maximum absolute atomic E-state index is 12.5. The van der Waals surface area contributed by atoms with E-state index in [0.717, 1.165) is 31.2 Å². The maximum Gasteiger partial charge on any atom is 0.237 e. The van der Waals surface area contributed by atoms with Crippen molar-refractivity contribution in [1.29, 1.82) is 0 Å². The van der Waals surface area contributed by atoms with Crippen molar-refractivity contribution in [2.24, 2.45) is 5.92 Å². The third-order valence-electron chi connectivity index (χ3n) is 4.51. The zero-order valence-corrected chi connectivity index (χ0v) is 13.7. The lowest BCUT2D eigenvalue weighted by Crippen LogP contribution is -2.44. The summed E-state index contributed by atoms with van der Waals surface area (Å²) in [6.07, 6.45) is 3.41. The molecule has 1 aliphatic carbocycles. The van der Waals surface area contributed by atoms with Gasteiger partial charge in [0.05, 0.1) is 12.6 Å². The third-order valence-corrected chi connectivity index (χ3v) is 4.51. The fourth-order valence-corrected chi connectivity index (χ4v) is 3.14. The highest BCUT2D eigenvalue weighted by molar-refractivity contribution is 5.82. The van der Waals surface area contributed by atoms with Crippen LogP contribution in [0, 0.1) is 5.92 Å². The van der Waals surface area contributed by atoms with Gasteiger partial charge in [0, 0.05) is 33.2 Å². The Balaban J connectivity index is 1.58.